The van der Waals surface area contributed by atoms with Gasteiger partial charge in [0.05, 0.1) is 24.7 Å². The van der Waals surface area contributed by atoms with E-state index >= 15 is 0 Å². The van der Waals surface area contributed by atoms with E-state index in [4.69, 9.17) is 9.97 Å². The average Bonchev–Trinajstić information content (AvgIpc) is 2.88. The third-order valence-corrected chi connectivity index (χ3v) is 7.10. The minimum Gasteiger partial charge on any atom is -0.365 e. The lowest BCUT2D eigenvalue weighted by atomic mass is 10.0. The van der Waals surface area contributed by atoms with Crippen molar-refractivity contribution in [2.24, 2.45) is 0 Å². The first kappa shape index (κ1) is 23.5. The van der Waals surface area contributed by atoms with Crippen LogP contribution in [0.3, 0.4) is 0 Å². The third-order valence-electron chi connectivity index (χ3n) is 7.10. The minimum atomic E-state index is 0.187. The number of anilines is 2. The van der Waals surface area contributed by atoms with E-state index in [0.717, 1.165) is 75.9 Å². The summed E-state index contributed by atoms with van der Waals surface area (Å²) in [7, 11) is 4.22. The summed E-state index contributed by atoms with van der Waals surface area (Å²) in [5.74, 6) is 2.03. The van der Waals surface area contributed by atoms with Crippen LogP contribution < -0.4 is 15.1 Å². The van der Waals surface area contributed by atoms with Crippen LogP contribution in [0.15, 0.2) is 42.5 Å². The molecule has 0 spiro atoms. The molecule has 0 aliphatic carbocycles. The zero-order chi connectivity index (χ0) is 24.2. The average molecular weight is 470 g/mol. The highest BCUT2D eigenvalue weighted by molar-refractivity contribution is 5.94. The molecule has 0 saturated carbocycles. The maximum absolute atomic E-state index is 9.22. The van der Waals surface area contributed by atoms with Crippen LogP contribution in [0.4, 0.5) is 11.5 Å². The summed E-state index contributed by atoms with van der Waals surface area (Å²) in [6.45, 7) is 5.38. The molecule has 1 unspecified atom stereocenters. The lowest BCUT2D eigenvalue weighted by molar-refractivity contribution is 0.398. The Kier molecular flexibility index (Phi) is 7.12. The molecule has 7 nitrogen and oxygen atoms in total. The molecule has 1 N–H and O–H groups in total. The Morgan fingerprint density at radius 1 is 1.09 bits per heavy atom. The molecule has 2 aliphatic heterocycles. The van der Waals surface area contributed by atoms with Gasteiger partial charge >= 0.3 is 0 Å². The number of hydrogen-bond acceptors (Lipinski definition) is 7. The highest BCUT2D eigenvalue weighted by atomic mass is 15.3. The summed E-state index contributed by atoms with van der Waals surface area (Å²) >= 11 is 0. The molecule has 0 radical (unpaired) electrons. The summed E-state index contributed by atoms with van der Waals surface area (Å²) in [4.78, 5) is 17.3. The molecule has 1 aromatic heterocycles. The van der Waals surface area contributed by atoms with E-state index in [-0.39, 0.29) is 6.04 Å². The first-order valence-electron chi connectivity index (χ1n) is 12.7. The van der Waals surface area contributed by atoms with E-state index in [1.807, 2.05) is 0 Å². The summed E-state index contributed by atoms with van der Waals surface area (Å²) < 4.78 is 0. The Bertz CT molecular complexity index is 1210. The molecule has 35 heavy (non-hydrogen) atoms. The van der Waals surface area contributed by atoms with E-state index < -0.39 is 0 Å². The van der Waals surface area contributed by atoms with Crippen LogP contribution in [-0.2, 0) is 19.4 Å². The highest BCUT2D eigenvalue weighted by Crippen LogP contribution is 2.33. The van der Waals surface area contributed by atoms with Crippen molar-refractivity contribution in [2.45, 2.75) is 38.3 Å². The van der Waals surface area contributed by atoms with E-state index in [2.05, 4.69) is 82.6 Å². The molecule has 1 fully saturated rings. The highest BCUT2D eigenvalue weighted by Gasteiger charge is 2.28. The quantitative estimate of drug-likeness (QED) is 0.569. The SMILES string of the molecule is CN(C)CCCc1nc2c(c(N3CCNC(CC#N)C3)n1)CCN(c1cccc3ccccc13)C2. The number of nitrogens with zero attached hydrogens (tertiary/aromatic N) is 6. The van der Waals surface area contributed by atoms with Gasteiger partial charge in [0.2, 0.25) is 0 Å². The van der Waals surface area contributed by atoms with Crippen molar-refractivity contribution in [1.82, 2.24) is 20.2 Å². The number of rotatable bonds is 7. The van der Waals surface area contributed by atoms with E-state index in [9.17, 15) is 5.26 Å². The van der Waals surface area contributed by atoms with Crippen LogP contribution in [-0.4, -0.2) is 67.7 Å². The fourth-order valence-electron chi connectivity index (χ4n) is 5.34. The molecule has 3 aromatic rings. The predicted octanol–water partition coefficient (Wildman–Crippen LogP) is 3.38. The van der Waals surface area contributed by atoms with Gasteiger partial charge in [0.25, 0.3) is 0 Å². The van der Waals surface area contributed by atoms with Crippen molar-refractivity contribution in [3.8, 4) is 6.07 Å². The maximum Gasteiger partial charge on any atom is 0.136 e. The zero-order valence-electron chi connectivity index (χ0n) is 20.9. The number of aryl methyl sites for hydroxylation is 1. The predicted molar refractivity (Wildman–Crippen MR) is 142 cm³/mol. The second kappa shape index (κ2) is 10.6. The van der Waals surface area contributed by atoms with Crippen LogP contribution in [0.2, 0.25) is 0 Å². The Morgan fingerprint density at radius 2 is 1.94 bits per heavy atom. The molecular weight excluding hydrogens is 434 g/mol. The topological polar surface area (TPSA) is 71.3 Å². The van der Waals surface area contributed by atoms with Gasteiger partial charge in [-0.05, 0) is 44.9 Å². The van der Waals surface area contributed by atoms with Crippen molar-refractivity contribution in [1.29, 1.82) is 5.26 Å². The molecule has 182 valence electrons. The van der Waals surface area contributed by atoms with Crippen LogP contribution in [0.5, 0.6) is 0 Å². The fourth-order valence-corrected chi connectivity index (χ4v) is 5.34. The minimum absolute atomic E-state index is 0.187. The summed E-state index contributed by atoms with van der Waals surface area (Å²) in [5.41, 5.74) is 3.72. The molecule has 5 rings (SSSR count). The lowest BCUT2D eigenvalue weighted by Crippen LogP contribution is -2.51. The zero-order valence-corrected chi connectivity index (χ0v) is 20.9. The molecule has 1 atom stereocenters. The molecular formula is C28H35N7. The number of benzene rings is 2. The van der Waals surface area contributed by atoms with Gasteiger partial charge in [-0.2, -0.15) is 5.26 Å². The standard InChI is InChI=1S/C28H35N7/c1-33(2)16-6-11-27-31-25-20-34(26-10-5-8-21-7-3-4-9-23(21)26)17-13-24(25)28(32-27)35-18-15-30-22(19-35)12-14-29/h3-5,7-10,22,30H,6,11-13,15-20H2,1-2H3. The van der Waals surface area contributed by atoms with Crippen molar-refractivity contribution in [2.75, 3.05) is 56.6 Å². The Hall–Kier alpha value is -3.21. The van der Waals surface area contributed by atoms with Crippen molar-refractivity contribution in [3.05, 3.63) is 59.5 Å². The number of piperazine rings is 1. The van der Waals surface area contributed by atoms with Gasteiger partial charge in [-0.15, -0.1) is 0 Å². The van der Waals surface area contributed by atoms with Gasteiger partial charge in [0.15, 0.2) is 0 Å². The Morgan fingerprint density at radius 3 is 2.80 bits per heavy atom. The second-order valence-electron chi connectivity index (χ2n) is 9.92. The Balaban J connectivity index is 1.47. The first-order chi connectivity index (χ1) is 17.1. The van der Waals surface area contributed by atoms with E-state index in [1.54, 1.807) is 0 Å². The maximum atomic E-state index is 9.22. The van der Waals surface area contributed by atoms with Gasteiger partial charge in [0.1, 0.15) is 11.6 Å². The largest absolute Gasteiger partial charge is 0.365 e. The summed E-state index contributed by atoms with van der Waals surface area (Å²) in [5, 5.41) is 15.3. The Labute approximate surface area is 208 Å². The molecule has 2 aromatic carbocycles. The number of hydrogen-bond donors (Lipinski definition) is 1. The van der Waals surface area contributed by atoms with Gasteiger partial charge in [-0.1, -0.05) is 36.4 Å². The molecule has 7 heteroatoms. The number of fused-ring (bicyclic) bond motifs is 2. The van der Waals surface area contributed by atoms with E-state index in [1.165, 1.54) is 22.0 Å². The van der Waals surface area contributed by atoms with Crippen molar-refractivity contribution >= 4 is 22.3 Å². The fraction of sp³-hybridized carbons (Fsp3) is 0.464. The van der Waals surface area contributed by atoms with Gasteiger partial charge in [-0.3, -0.25) is 0 Å². The van der Waals surface area contributed by atoms with Gasteiger partial charge in [-0.25, -0.2) is 9.97 Å². The van der Waals surface area contributed by atoms with Crippen LogP contribution >= 0.6 is 0 Å². The molecule has 2 aliphatic rings. The lowest BCUT2D eigenvalue weighted by Gasteiger charge is -2.37. The molecule has 1 saturated heterocycles. The van der Waals surface area contributed by atoms with Crippen molar-refractivity contribution < 1.29 is 0 Å². The van der Waals surface area contributed by atoms with Gasteiger partial charge in [0, 0.05) is 55.3 Å². The van der Waals surface area contributed by atoms with E-state index in [0.29, 0.717) is 6.42 Å². The third kappa shape index (κ3) is 5.24. The normalized spacial score (nSPS) is 18.1. The monoisotopic (exact) mass is 469 g/mol. The van der Waals surface area contributed by atoms with Crippen molar-refractivity contribution in [3.63, 3.8) is 0 Å². The summed E-state index contributed by atoms with van der Waals surface area (Å²) in [6, 6.07) is 17.7. The molecule has 0 bridgehead atoms. The number of nitriles is 1. The summed E-state index contributed by atoms with van der Waals surface area (Å²) in [6.07, 6.45) is 3.37. The molecule has 0 amide bonds. The van der Waals surface area contributed by atoms with Gasteiger partial charge < -0.3 is 20.0 Å². The van der Waals surface area contributed by atoms with Crippen LogP contribution in [0.25, 0.3) is 10.8 Å². The number of aromatic nitrogens is 2. The molecule has 3 heterocycles. The van der Waals surface area contributed by atoms with Crippen LogP contribution in [0.1, 0.15) is 29.9 Å². The van der Waals surface area contributed by atoms with Crippen LogP contribution in [0, 0.1) is 11.3 Å². The second-order valence-corrected chi connectivity index (χ2v) is 9.92. The first-order valence-corrected chi connectivity index (χ1v) is 12.7. The smallest absolute Gasteiger partial charge is 0.136 e. The number of nitrogens with one attached hydrogen (secondary N) is 1.